The average Bonchev–Trinajstić information content (AvgIpc) is 2.61. The van der Waals surface area contributed by atoms with Gasteiger partial charge in [-0.15, -0.1) is 0 Å². The van der Waals surface area contributed by atoms with Crippen molar-refractivity contribution in [1.29, 1.82) is 0 Å². The minimum atomic E-state index is -3.05. The van der Waals surface area contributed by atoms with Gasteiger partial charge in [-0.05, 0) is 30.8 Å². The van der Waals surface area contributed by atoms with E-state index in [2.05, 4.69) is 4.37 Å². The number of rotatable bonds is 2. The molecular formula is C8H11NO3S2. The number of hydrogen-bond donors (Lipinski definition) is 0. The van der Waals surface area contributed by atoms with Gasteiger partial charge in [-0.25, -0.2) is 8.42 Å². The van der Waals surface area contributed by atoms with Crippen molar-refractivity contribution in [2.75, 3.05) is 5.75 Å². The third-order valence-electron chi connectivity index (χ3n) is 2.20. The predicted molar refractivity (Wildman–Crippen MR) is 54.2 cm³/mol. The lowest BCUT2D eigenvalue weighted by molar-refractivity contribution is 0.252. The van der Waals surface area contributed by atoms with Crippen LogP contribution < -0.4 is 4.74 Å². The molecule has 0 aromatic carbocycles. The summed E-state index contributed by atoms with van der Waals surface area (Å²) in [7, 11) is -3.05. The second-order valence-electron chi connectivity index (χ2n) is 3.27. The van der Waals surface area contributed by atoms with Gasteiger partial charge in [-0.3, -0.25) is 0 Å². The smallest absolute Gasteiger partial charge is 0.199 e. The Morgan fingerprint density at radius 2 is 2.36 bits per heavy atom. The molecule has 0 aliphatic carbocycles. The van der Waals surface area contributed by atoms with Crippen LogP contribution in [0.1, 0.15) is 19.3 Å². The van der Waals surface area contributed by atoms with E-state index in [1.165, 1.54) is 11.5 Å². The fraction of sp³-hybridized carbons (Fsp3) is 0.625. The van der Waals surface area contributed by atoms with Gasteiger partial charge in [0.2, 0.25) is 0 Å². The molecule has 1 saturated heterocycles. The Kier molecular flexibility index (Phi) is 2.73. The van der Waals surface area contributed by atoms with Gasteiger partial charge in [0, 0.05) is 0 Å². The van der Waals surface area contributed by atoms with E-state index in [9.17, 15) is 8.42 Å². The number of ether oxygens (including phenoxy) is 1. The van der Waals surface area contributed by atoms with E-state index < -0.39 is 15.3 Å². The van der Waals surface area contributed by atoms with Crippen molar-refractivity contribution >= 4 is 21.4 Å². The third kappa shape index (κ3) is 2.06. The van der Waals surface area contributed by atoms with Crippen molar-refractivity contribution in [3.8, 4) is 5.75 Å². The van der Waals surface area contributed by atoms with Crippen molar-refractivity contribution in [2.45, 2.75) is 24.7 Å². The Morgan fingerprint density at radius 3 is 3.00 bits per heavy atom. The van der Waals surface area contributed by atoms with Gasteiger partial charge in [-0.1, -0.05) is 0 Å². The van der Waals surface area contributed by atoms with Crippen molar-refractivity contribution < 1.29 is 13.2 Å². The molecule has 0 N–H and O–H groups in total. The highest BCUT2D eigenvalue weighted by molar-refractivity contribution is 7.91. The van der Waals surface area contributed by atoms with Crippen LogP contribution in [0, 0.1) is 0 Å². The largest absolute Gasteiger partial charge is 0.472 e. The molecule has 1 aromatic heterocycles. The zero-order valence-electron chi connectivity index (χ0n) is 7.55. The van der Waals surface area contributed by atoms with Crippen LogP contribution in [-0.4, -0.2) is 24.0 Å². The lowest BCUT2D eigenvalue weighted by Gasteiger charge is -2.22. The van der Waals surface area contributed by atoms with Gasteiger partial charge in [0.1, 0.15) is 0 Å². The van der Waals surface area contributed by atoms with Gasteiger partial charge in [0.15, 0.2) is 21.0 Å². The first-order chi connectivity index (χ1) is 6.68. The Bertz CT molecular complexity index is 385. The summed E-state index contributed by atoms with van der Waals surface area (Å²) in [6, 6.07) is 0. The van der Waals surface area contributed by atoms with Crippen molar-refractivity contribution in [1.82, 2.24) is 4.37 Å². The van der Waals surface area contributed by atoms with Crippen LogP contribution in [0.3, 0.4) is 0 Å². The molecule has 14 heavy (non-hydrogen) atoms. The maximum absolute atomic E-state index is 11.6. The highest BCUT2D eigenvalue weighted by atomic mass is 32.2. The first kappa shape index (κ1) is 9.92. The predicted octanol–water partition coefficient (Wildman–Crippen LogP) is 1.45. The van der Waals surface area contributed by atoms with Crippen molar-refractivity contribution in [3.05, 3.63) is 11.6 Å². The van der Waals surface area contributed by atoms with Crippen molar-refractivity contribution in [3.63, 3.8) is 0 Å². The summed E-state index contributed by atoms with van der Waals surface area (Å²) in [6.45, 7) is 0. The average molecular weight is 233 g/mol. The molecule has 1 aliphatic heterocycles. The Balaban J connectivity index is 2.10. The third-order valence-corrected chi connectivity index (χ3v) is 4.75. The van der Waals surface area contributed by atoms with Gasteiger partial charge < -0.3 is 4.74 Å². The molecule has 0 radical (unpaired) electrons. The van der Waals surface area contributed by atoms with Gasteiger partial charge >= 0.3 is 0 Å². The molecule has 1 aromatic rings. The number of aromatic nitrogens is 1. The van der Waals surface area contributed by atoms with E-state index in [0.29, 0.717) is 12.2 Å². The summed E-state index contributed by atoms with van der Waals surface area (Å²) >= 11 is 1.26. The minimum absolute atomic E-state index is 0.245. The lowest BCUT2D eigenvalue weighted by atomic mass is 10.2. The molecule has 6 heteroatoms. The fourth-order valence-electron chi connectivity index (χ4n) is 1.46. The standard InChI is InChI=1S/C8H11NO3S2/c10-14(11)4-2-1-3-8(14)12-7-5-9-13-6-7/h5-6,8H,1-4H2. The summed E-state index contributed by atoms with van der Waals surface area (Å²) in [5.41, 5.74) is -0.660. The first-order valence-corrected chi connectivity index (χ1v) is 7.01. The Morgan fingerprint density at radius 1 is 1.50 bits per heavy atom. The Hall–Kier alpha value is -0.620. The zero-order chi connectivity index (χ0) is 10.0. The van der Waals surface area contributed by atoms with E-state index >= 15 is 0 Å². The van der Waals surface area contributed by atoms with Crippen LogP contribution in [0.25, 0.3) is 0 Å². The summed E-state index contributed by atoms with van der Waals surface area (Å²) in [4.78, 5) is 0. The molecule has 0 amide bonds. The fourth-order valence-corrected chi connectivity index (χ4v) is 3.56. The molecule has 1 atom stereocenters. The van der Waals surface area contributed by atoms with Crippen LogP contribution in [0.15, 0.2) is 11.6 Å². The van der Waals surface area contributed by atoms with Crippen LogP contribution in [-0.2, 0) is 9.84 Å². The highest BCUT2D eigenvalue weighted by Gasteiger charge is 2.30. The summed E-state index contributed by atoms with van der Waals surface area (Å²) in [6.07, 6.45) is 3.82. The highest BCUT2D eigenvalue weighted by Crippen LogP contribution is 2.23. The molecule has 2 heterocycles. The van der Waals surface area contributed by atoms with Crippen LogP contribution >= 0.6 is 11.5 Å². The van der Waals surface area contributed by atoms with Gasteiger partial charge in [0.25, 0.3) is 0 Å². The topological polar surface area (TPSA) is 56.3 Å². The monoisotopic (exact) mass is 233 g/mol. The number of hydrogen-bond acceptors (Lipinski definition) is 5. The van der Waals surface area contributed by atoms with Crippen LogP contribution in [0.4, 0.5) is 0 Å². The number of nitrogens with zero attached hydrogens (tertiary/aromatic N) is 1. The SMILES string of the molecule is O=S1(=O)CCCCC1Oc1cnsc1. The molecule has 1 aliphatic rings. The van der Waals surface area contributed by atoms with E-state index in [-0.39, 0.29) is 5.75 Å². The quantitative estimate of drug-likeness (QED) is 0.775. The Labute approximate surface area is 87.0 Å². The molecule has 0 saturated carbocycles. The minimum Gasteiger partial charge on any atom is -0.472 e. The molecule has 4 nitrogen and oxygen atoms in total. The lowest BCUT2D eigenvalue weighted by Crippen LogP contribution is -2.33. The van der Waals surface area contributed by atoms with Gasteiger partial charge in [0.05, 0.1) is 17.3 Å². The second-order valence-corrected chi connectivity index (χ2v) is 6.19. The molecule has 78 valence electrons. The van der Waals surface area contributed by atoms with Crippen LogP contribution in [0.5, 0.6) is 5.75 Å². The summed E-state index contributed by atoms with van der Waals surface area (Å²) in [5.74, 6) is 0.806. The zero-order valence-corrected chi connectivity index (χ0v) is 9.18. The molecule has 0 bridgehead atoms. The molecule has 0 spiro atoms. The van der Waals surface area contributed by atoms with Gasteiger partial charge in [-0.2, -0.15) is 4.37 Å². The maximum Gasteiger partial charge on any atom is 0.199 e. The summed E-state index contributed by atoms with van der Waals surface area (Å²) in [5, 5.41) is 1.71. The van der Waals surface area contributed by atoms with E-state index in [1.807, 2.05) is 0 Å². The van der Waals surface area contributed by atoms with Crippen molar-refractivity contribution in [2.24, 2.45) is 0 Å². The van der Waals surface area contributed by atoms with Crippen LogP contribution in [0.2, 0.25) is 0 Å². The van der Waals surface area contributed by atoms with E-state index in [1.54, 1.807) is 11.6 Å². The summed E-state index contributed by atoms with van der Waals surface area (Å²) < 4.78 is 32.4. The molecule has 2 rings (SSSR count). The second kappa shape index (κ2) is 3.86. The normalized spacial score (nSPS) is 25.9. The van der Waals surface area contributed by atoms with E-state index in [0.717, 1.165) is 12.8 Å². The maximum atomic E-state index is 11.6. The molecule has 1 fully saturated rings. The molecule has 1 unspecified atom stereocenters. The van der Waals surface area contributed by atoms with E-state index in [4.69, 9.17) is 4.74 Å². The molecular weight excluding hydrogens is 222 g/mol. The number of sulfone groups is 1. The first-order valence-electron chi connectivity index (χ1n) is 4.46.